The molecule has 0 fully saturated rings. The van der Waals surface area contributed by atoms with Gasteiger partial charge in [-0.1, -0.05) is 67.8 Å². The van der Waals surface area contributed by atoms with Crippen LogP contribution in [0, 0.1) is 13.8 Å². The molecule has 0 unspecified atom stereocenters. The van der Waals surface area contributed by atoms with E-state index in [1.165, 1.54) is 0 Å². The number of hydrogen-bond acceptors (Lipinski definition) is 3. The maximum absolute atomic E-state index is 13.1. The average molecular weight is 411 g/mol. The van der Waals surface area contributed by atoms with E-state index < -0.39 is 6.04 Å². The standard InChI is InChI=1S/C25H34N2O3/c1-5-7-16-26-25(29)23(6-2)27(17-21-12-8-19(3)9-13-21)24(28)18-30-22-14-10-20(4)11-15-22/h8-15,23H,5-7,16-18H2,1-4H3,(H,26,29)/t23-/m1/s1. The highest BCUT2D eigenvalue weighted by Gasteiger charge is 2.28. The Hall–Kier alpha value is -2.82. The van der Waals surface area contributed by atoms with Crippen molar-refractivity contribution in [2.24, 2.45) is 0 Å². The number of rotatable bonds is 11. The van der Waals surface area contributed by atoms with Crippen LogP contribution in [-0.4, -0.2) is 35.9 Å². The predicted octanol–water partition coefficient (Wildman–Crippen LogP) is 4.41. The summed E-state index contributed by atoms with van der Waals surface area (Å²) in [7, 11) is 0. The normalized spacial score (nSPS) is 11.6. The summed E-state index contributed by atoms with van der Waals surface area (Å²) in [5.41, 5.74) is 3.28. The molecule has 0 heterocycles. The van der Waals surface area contributed by atoms with Crippen LogP contribution in [0.2, 0.25) is 0 Å². The van der Waals surface area contributed by atoms with E-state index in [0.29, 0.717) is 25.3 Å². The number of unbranched alkanes of at least 4 members (excludes halogenated alkanes) is 1. The van der Waals surface area contributed by atoms with E-state index in [2.05, 4.69) is 12.2 Å². The van der Waals surface area contributed by atoms with Gasteiger partial charge in [0.15, 0.2) is 6.61 Å². The van der Waals surface area contributed by atoms with Crippen molar-refractivity contribution in [1.82, 2.24) is 10.2 Å². The van der Waals surface area contributed by atoms with Gasteiger partial charge in [-0.3, -0.25) is 9.59 Å². The first-order chi connectivity index (χ1) is 14.4. The van der Waals surface area contributed by atoms with Crippen molar-refractivity contribution in [2.75, 3.05) is 13.2 Å². The third-order valence-corrected chi connectivity index (χ3v) is 5.07. The highest BCUT2D eigenvalue weighted by atomic mass is 16.5. The molecule has 0 saturated heterocycles. The monoisotopic (exact) mass is 410 g/mol. The molecule has 1 atom stereocenters. The molecule has 5 nitrogen and oxygen atoms in total. The molecule has 0 saturated carbocycles. The van der Waals surface area contributed by atoms with Crippen LogP contribution in [-0.2, 0) is 16.1 Å². The van der Waals surface area contributed by atoms with Crippen LogP contribution < -0.4 is 10.1 Å². The Morgan fingerprint density at radius 1 is 0.967 bits per heavy atom. The number of nitrogens with zero attached hydrogens (tertiary/aromatic N) is 1. The van der Waals surface area contributed by atoms with Crippen molar-refractivity contribution in [3.8, 4) is 5.75 Å². The number of aryl methyl sites for hydroxylation is 2. The molecule has 0 aromatic heterocycles. The summed E-state index contributed by atoms with van der Waals surface area (Å²) in [5.74, 6) is 0.333. The van der Waals surface area contributed by atoms with E-state index in [1.807, 2.05) is 69.3 Å². The first kappa shape index (κ1) is 23.5. The lowest BCUT2D eigenvalue weighted by Crippen LogP contribution is -2.50. The van der Waals surface area contributed by atoms with Gasteiger partial charge < -0.3 is 15.0 Å². The van der Waals surface area contributed by atoms with E-state index in [9.17, 15) is 9.59 Å². The zero-order valence-electron chi connectivity index (χ0n) is 18.6. The van der Waals surface area contributed by atoms with Crippen molar-refractivity contribution in [1.29, 1.82) is 0 Å². The molecule has 0 radical (unpaired) electrons. The fourth-order valence-corrected chi connectivity index (χ4v) is 3.18. The first-order valence-corrected chi connectivity index (χ1v) is 10.8. The van der Waals surface area contributed by atoms with E-state index in [4.69, 9.17) is 4.74 Å². The number of benzene rings is 2. The Kier molecular flexibility index (Phi) is 9.39. The molecule has 0 aliphatic rings. The number of carbonyl (C=O) groups is 2. The molecule has 2 amide bonds. The Morgan fingerprint density at radius 2 is 1.57 bits per heavy atom. The summed E-state index contributed by atoms with van der Waals surface area (Å²) in [6, 6.07) is 15.1. The molecule has 0 aliphatic heterocycles. The van der Waals surface area contributed by atoms with E-state index in [-0.39, 0.29) is 18.4 Å². The molecule has 1 N–H and O–H groups in total. The van der Waals surface area contributed by atoms with Gasteiger partial charge in [0.1, 0.15) is 11.8 Å². The molecule has 5 heteroatoms. The number of carbonyl (C=O) groups excluding carboxylic acids is 2. The van der Waals surface area contributed by atoms with Gasteiger partial charge in [0.05, 0.1) is 0 Å². The Morgan fingerprint density at radius 3 is 2.13 bits per heavy atom. The molecule has 0 aliphatic carbocycles. The highest BCUT2D eigenvalue weighted by molar-refractivity contribution is 5.88. The average Bonchev–Trinajstić information content (AvgIpc) is 2.74. The second kappa shape index (κ2) is 12.0. The second-order valence-electron chi connectivity index (χ2n) is 7.68. The molecule has 0 bridgehead atoms. The molecule has 2 aromatic carbocycles. The van der Waals surface area contributed by atoms with E-state index in [1.54, 1.807) is 4.90 Å². The minimum absolute atomic E-state index is 0.104. The van der Waals surface area contributed by atoms with Crippen LogP contribution in [0.3, 0.4) is 0 Å². The number of hydrogen-bond donors (Lipinski definition) is 1. The van der Waals surface area contributed by atoms with Crippen LogP contribution in [0.25, 0.3) is 0 Å². The Labute approximate surface area is 180 Å². The van der Waals surface area contributed by atoms with Crippen molar-refractivity contribution in [2.45, 2.75) is 59.5 Å². The van der Waals surface area contributed by atoms with Crippen LogP contribution >= 0.6 is 0 Å². The smallest absolute Gasteiger partial charge is 0.261 e. The molecule has 2 rings (SSSR count). The summed E-state index contributed by atoms with van der Waals surface area (Å²) in [6.45, 7) is 8.93. The highest BCUT2D eigenvalue weighted by Crippen LogP contribution is 2.15. The van der Waals surface area contributed by atoms with Gasteiger partial charge in [-0.25, -0.2) is 0 Å². The largest absolute Gasteiger partial charge is 0.484 e. The van der Waals surface area contributed by atoms with Crippen molar-refractivity contribution < 1.29 is 14.3 Å². The van der Waals surface area contributed by atoms with Gasteiger partial charge in [0.2, 0.25) is 5.91 Å². The van der Waals surface area contributed by atoms with Crippen LogP contribution in [0.5, 0.6) is 5.75 Å². The molecule has 2 aromatic rings. The minimum atomic E-state index is -0.530. The summed E-state index contributed by atoms with van der Waals surface area (Å²) in [5, 5.41) is 2.97. The van der Waals surface area contributed by atoms with Crippen LogP contribution in [0.4, 0.5) is 0 Å². The minimum Gasteiger partial charge on any atom is -0.484 e. The zero-order valence-corrected chi connectivity index (χ0v) is 18.6. The lowest BCUT2D eigenvalue weighted by atomic mass is 10.1. The molecule has 30 heavy (non-hydrogen) atoms. The fraction of sp³-hybridized carbons (Fsp3) is 0.440. The molecule has 0 spiro atoms. The lowest BCUT2D eigenvalue weighted by molar-refractivity contribution is -0.143. The fourth-order valence-electron chi connectivity index (χ4n) is 3.18. The maximum Gasteiger partial charge on any atom is 0.261 e. The van der Waals surface area contributed by atoms with Crippen molar-refractivity contribution in [3.05, 3.63) is 65.2 Å². The van der Waals surface area contributed by atoms with E-state index in [0.717, 1.165) is 29.5 Å². The predicted molar refractivity (Wildman–Crippen MR) is 120 cm³/mol. The summed E-state index contributed by atoms with van der Waals surface area (Å²) in [4.78, 5) is 27.6. The second-order valence-corrected chi connectivity index (χ2v) is 7.68. The van der Waals surface area contributed by atoms with Crippen LogP contribution in [0.15, 0.2) is 48.5 Å². The van der Waals surface area contributed by atoms with Crippen molar-refractivity contribution in [3.63, 3.8) is 0 Å². The van der Waals surface area contributed by atoms with Gasteiger partial charge in [-0.15, -0.1) is 0 Å². The third-order valence-electron chi connectivity index (χ3n) is 5.07. The van der Waals surface area contributed by atoms with Gasteiger partial charge in [0, 0.05) is 13.1 Å². The number of ether oxygens (including phenoxy) is 1. The Balaban J connectivity index is 2.15. The summed E-state index contributed by atoms with van der Waals surface area (Å²) >= 11 is 0. The summed E-state index contributed by atoms with van der Waals surface area (Å²) < 4.78 is 5.71. The van der Waals surface area contributed by atoms with Gasteiger partial charge in [-0.2, -0.15) is 0 Å². The zero-order chi connectivity index (χ0) is 21.9. The SMILES string of the molecule is CCCCNC(=O)[C@@H](CC)N(Cc1ccc(C)cc1)C(=O)COc1ccc(C)cc1. The Bertz CT molecular complexity index is 800. The third kappa shape index (κ3) is 7.21. The van der Waals surface area contributed by atoms with Gasteiger partial charge in [-0.05, 0) is 44.4 Å². The maximum atomic E-state index is 13.1. The van der Waals surface area contributed by atoms with Crippen LogP contribution in [0.1, 0.15) is 49.8 Å². The van der Waals surface area contributed by atoms with E-state index >= 15 is 0 Å². The molecular formula is C25H34N2O3. The topological polar surface area (TPSA) is 58.6 Å². The van der Waals surface area contributed by atoms with Gasteiger partial charge >= 0.3 is 0 Å². The number of amides is 2. The lowest BCUT2D eigenvalue weighted by Gasteiger charge is -2.30. The van der Waals surface area contributed by atoms with Gasteiger partial charge in [0.25, 0.3) is 5.91 Å². The number of nitrogens with one attached hydrogen (secondary N) is 1. The molecule has 162 valence electrons. The summed E-state index contributed by atoms with van der Waals surface area (Å²) in [6.07, 6.45) is 2.47. The quantitative estimate of drug-likeness (QED) is 0.559. The first-order valence-electron chi connectivity index (χ1n) is 10.8. The molecular weight excluding hydrogens is 376 g/mol. The van der Waals surface area contributed by atoms with Crippen molar-refractivity contribution >= 4 is 11.8 Å².